The maximum atomic E-state index is 11.4. The van der Waals surface area contributed by atoms with Crippen molar-refractivity contribution in [1.29, 1.82) is 0 Å². The zero-order valence-electron chi connectivity index (χ0n) is 13.4. The van der Waals surface area contributed by atoms with Crippen LogP contribution in [0.3, 0.4) is 0 Å². The highest BCUT2D eigenvalue weighted by molar-refractivity contribution is 5.73. The molecule has 0 saturated carbocycles. The molecule has 19 heavy (non-hydrogen) atoms. The fourth-order valence-electron chi connectivity index (χ4n) is 2.49. The van der Waals surface area contributed by atoms with Crippen molar-refractivity contribution < 1.29 is 9.90 Å². The SMILES string of the molecule is CCC(CC)N(CC(C)C)CC(NC(C)C)C(=O)O. The largest absolute Gasteiger partial charge is 0.480 e. The number of hydrogen-bond acceptors (Lipinski definition) is 3. The van der Waals surface area contributed by atoms with Crippen LogP contribution < -0.4 is 5.32 Å². The lowest BCUT2D eigenvalue weighted by molar-refractivity contribution is -0.140. The van der Waals surface area contributed by atoms with Gasteiger partial charge in [-0.25, -0.2) is 0 Å². The Balaban J connectivity index is 4.78. The summed E-state index contributed by atoms with van der Waals surface area (Å²) >= 11 is 0. The molecule has 0 saturated heterocycles. The highest BCUT2D eigenvalue weighted by atomic mass is 16.4. The molecule has 0 aromatic rings. The predicted molar refractivity (Wildman–Crippen MR) is 80.5 cm³/mol. The van der Waals surface area contributed by atoms with Crippen LogP contribution in [0.2, 0.25) is 0 Å². The first-order valence-corrected chi connectivity index (χ1v) is 7.54. The first kappa shape index (κ1) is 18.4. The van der Waals surface area contributed by atoms with E-state index >= 15 is 0 Å². The number of aliphatic carboxylic acids is 1. The molecule has 1 atom stereocenters. The first-order chi connectivity index (χ1) is 8.81. The van der Waals surface area contributed by atoms with Crippen LogP contribution in [0.25, 0.3) is 0 Å². The minimum absolute atomic E-state index is 0.184. The van der Waals surface area contributed by atoms with Crippen LogP contribution in [0.4, 0.5) is 0 Å². The van der Waals surface area contributed by atoms with E-state index in [1.807, 2.05) is 13.8 Å². The molecule has 0 aromatic heterocycles. The van der Waals surface area contributed by atoms with Gasteiger partial charge in [0.1, 0.15) is 6.04 Å². The highest BCUT2D eigenvalue weighted by Gasteiger charge is 2.25. The van der Waals surface area contributed by atoms with Crippen LogP contribution in [0.1, 0.15) is 54.4 Å². The van der Waals surface area contributed by atoms with Crippen LogP contribution >= 0.6 is 0 Å². The highest BCUT2D eigenvalue weighted by Crippen LogP contribution is 2.12. The van der Waals surface area contributed by atoms with Gasteiger partial charge in [0.2, 0.25) is 0 Å². The smallest absolute Gasteiger partial charge is 0.322 e. The van der Waals surface area contributed by atoms with Gasteiger partial charge in [-0.3, -0.25) is 9.69 Å². The number of nitrogens with zero attached hydrogens (tertiary/aromatic N) is 1. The Hall–Kier alpha value is -0.610. The van der Waals surface area contributed by atoms with Crippen molar-refractivity contribution >= 4 is 5.97 Å². The Morgan fingerprint density at radius 2 is 1.63 bits per heavy atom. The second kappa shape index (κ2) is 9.32. The summed E-state index contributed by atoms with van der Waals surface area (Å²) in [6.45, 7) is 14.2. The second-order valence-corrected chi connectivity index (χ2v) is 6.03. The van der Waals surface area contributed by atoms with Crippen LogP contribution in [0, 0.1) is 5.92 Å². The average Bonchev–Trinajstić information content (AvgIpc) is 2.27. The van der Waals surface area contributed by atoms with Crippen molar-refractivity contribution in [3.63, 3.8) is 0 Å². The molecule has 114 valence electrons. The van der Waals surface area contributed by atoms with Gasteiger partial charge in [-0.1, -0.05) is 41.5 Å². The Kier molecular flexibility index (Phi) is 9.02. The molecule has 0 amide bonds. The minimum atomic E-state index is -0.756. The molecular formula is C15H32N2O2. The van der Waals surface area contributed by atoms with Gasteiger partial charge in [0, 0.05) is 25.2 Å². The van der Waals surface area contributed by atoms with E-state index < -0.39 is 12.0 Å². The predicted octanol–water partition coefficient (Wildman–Crippen LogP) is 2.58. The lowest BCUT2D eigenvalue weighted by atomic mass is 10.1. The van der Waals surface area contributed by atoms with Gasteiger partial charge in [0.25, 0.3) is 0 Å². The summed E-state index contributed by atoms with van der Waals surface area (Å²) in [6.07, 6.45) is 2.13. The van der Waals surface area contributed by atoms with Crippen molar-refractivity contribution in [3.05, 3.63) is 0 Å². The summed E-state index contributed by atoms with van der Waals surface area (Å²) in [5.74, 6) is -0.206. The molecule has 0 spiro atoms. The molecule has 1 unspecified atom stereocenters. The first-order valence-electron chi connectivity index (χ1n) is 7.54. The van der Waals surface area contributed by atoms with Crippen molar-refractivity contribution in [3.8, 4) is 0 Å². The van der Waals surface area contributed by atoms with Gasteiger partial charge in [-0.05, 0) is 18.8 Å². The van der Waals surface area contributed by atoms with Crippen LogP contribution in [0.15, 0.2) is 0 Å². The Labute approximate surface area is 118 Å². The summed E-state index contributed by atoms with van der Waals surface area (Å²) in [5.41, 5.74) is 0. The minimum Gasteiger partial charge on any atom is -0.480 e. The van der Waals surface area contributed by atoms with Crippen LogP contribution in [-0.4, -0.2) is 47.2 Å². The normalized spacial score (nSPS) is 13.8. The summed E-state index contributed by atoms with van der Waals surface area (Å²) in [4.78, 5) is 13.7. The van der Waals surface area contributed by atoms with Gasteiger partial charge in [0.05, 0.1) is 0 Å². The van der Waals surface area contributed by atoms with Crippen LogP contribution in [-0.2, 0) is 4.79 Å². The van der Waals surface area contributed by atoms with Crippen molar-refractivity contribution in [1.82, 2.24) is 10.2 Å². The molecule has 2 N–H and O–H groups in total. The monoisotopic (exact) mass is 272 g/mol. The summed E-state index contributed by atoms with van der Waals surface area (Å²) in [7, 11) is 0. The van der Waals surface area contributed by atoms with E-state index in [0.717, 1.165) is 19.4 Å². The number of carboxylic acid groups (broad SMARTS) is 1. The van der Waals surface area contributed by atoms with Gasteiger partial charge in [0.15, 0.2) is 0 Å². The topological polar surface area (TPSA) is 52.6 Å². The lowest BCUT2D eigenvalue weighted by Gasteiger charge is -2.34. The van der Waals surface area contributed by atoms with E-state index in [-0.39, 0.29) is 6.04 Å². The Bertz CT molecular complexity index is 251. The van der Waals surface area contributed by atoms with Crippen molar-refractivity contribution in [2.45, 2.75) is 72.5 Å². The number of carbonyl (C=O) groups is 1. The van der Waals surface area contributed by atoms with E-state index in [2.05, 4.69) is 37.9 Å². The van der Waals surface area contributed by atoms with E-state index in [1.165, 1.54) is 0 Å². The number of nitrogens with one attached hydrogen (secondary N) is 1. The zero-order chi connectivity index (χ0) is 15.0. The van der Waals surface area contributed by atoms with E-state index in [1.54, 1.807) is 0 Å². The third-order valence-electron chi connectivity index (χ3n) is 3.31. The van der Waals surface area contributed by atoms with Gasteiger partial charge in [-0.2, -0.15) is 0 Å². The Morgan fingerprint density at radius 3 is 1.95 bits per heavy atom. The number of rotatable bonds is 10. The molecule has 0 aliphatic carbocycles. The standard InChI is InChI=1S/C15H32N2O2/c1-7-13(8-2)17(9-11(3)4)10-14(15(18)19)16-12(5)6/h11-14,16H,7-10H2,1-6H3,(H,18,19). The number of hydrogen-bond donors (Lipinski definition) is 2. The maximum absolute atomic E-state index is 11.4. The van der Waals surface area contributed by atoms with Gasteiger partial charge >= 0.3 is 5.97 Å². The van der Waals surface area contributed by atoms with Crippen molar-refractivity contribution in [2.24, 2.45) is 5.92 Å². The van der Waals surface area contributed by atoms with E-state index in [9.17, 15) is 9.90 Å². The average molecular weight is 272 g/mol. The third-order valence-corrected chi connectivity index (χ3v) is 3.31. The molecule has 4 heteroatoms. The quantitative estimate of drug-likeness (QED) is 0.642. The molecule has 0 aliphatic heterocycles. The molecule has 0 rings (SSSR count). The summed E-state index contributed by atoms with van der Waals surface area (Å²) in [6, 6.07) is 0.168. The zero-order valence-corrected chi connectivity index (χ0v) is 13.4. The molecule has 0 aliphatic rings. The van der Waals surface area contributed by atoms with Gasteiger partial charge < -0.3 is 10.4 Å². The third kappa shape index (κ3) is 7.53. The molecule has 0 radical (unpaired) electrons. The fraction of sp³-hybridized carbons (Fsp3) is 0.933. The maximum Gasteiger partial charge on any atom is 0.322 e. The molecule has 0 aromatic carbocycles. The number of carboxylic acids is 1. The molecular weight excluding hydrogens is 240 g/mol. The van der Waals surface area contributed by atoms with Crippen molar-refractivity contribution in [2.75, 3.05) is 13.1 Å². The van der Waals surface area contributed by atoms with E-state index in [0.29, 0.717) is 18.5 Å². The Morgan fingerprint density at radius 1 is 1.11 bits per heavy atom. The van der Waals surface area contributed by atoms with Gasteiger partial charge in [-0.15, -0.1) is 0 Å². The van der Waals surface area contributed by atoms with E-state index in [4.69, 9.17) is 0 Å². The summed E-state index contributed by atoms with van der Waals surface area (Å²) in [5, 5.41) is 12.5. The second-order valence-electron chi connectivity index (χ2n) is 6.03. The fourth-order valence-corrected chi connectivity index (χ4v) is 2.49. The summed E-state index contributed by atoms with van der Waals surface area (Å²) < 4.78 is 0. The molecule has 4 nitrogen and oxygen atoms in total. The molecule has 0 fully saturated rings. The lowest BCUT2D eigenvalue weighted by Crippen LogP contribution is -2.51. The van der Waals surface area contributed by atoms with Crippen LogP contribution in [0.5, 0.6) is 0 Å². The molecule has 0 bridgehead atoms. The molecule has 0 heterocycles.